The van der Waals surface area contributed by atoms with Crippen LogP contribution in [-0.4, -0.2) is 20.7 Å². The van der Waals surface area contributed by atoms with Gasteiger partial charge in [0, 0.05) is 17.8 Å². The zero-order valence-corrected chi connectivity index (χ0v) is 14.1. The van der Waals surface area contributed by atoms with Gasteiger partial charge in [-0.25, -0.2) is 4.98 Å². The van der Waals surface area contributed by atoms with E-state index in [4.69, 9.17) is 23.2 Å². The molecule has 3 aromatic rings. The topological polar surface area (TPSA) is 76.9 Å². The number of benzene rings is 1. The van der Waals surface area contributed by atoms with Crippen molar-refractivity contribution in [1.29, 1.82) is 0 Å². The van der Waals surface area contributed by atoms with E-state index in [1.807, 2.05) is 6.92 Å². The number of amides is 1. The summed E-state index contributed by atoms with van der Waals surface area (Å²) in [6, 6.07) is 8.04. The third-order valence-electron chi connectivity index (χ3n) is 3.40. The summed E-state index contributed by atoms with van der Waals surface area (Å²) in [6.45, 7) is 2.37. The van der Waals surface area contributed by atoms with Gasteiger partial charge in [-0.05, 0) is 37.3 Å². The Balaban J connectivity index is 2.08. The van der Waals surface area contributed by atoms with Crippen LogP contribution in [0.4, 0.5) is 5.82 Å². The summed E-state index contributed by atoms with van der Waals surface area (Å²) in [5, 5.41) is 7.90. The first kappa shape index (κ1) is 16.4. The van der Waals surface area contributed by atoms with E-state index in [9.17, 15) is 9.59 Å². The lowest BCUT2D eigenvalue weighted by Crippen LogP contribution is -2.27. The Morgan fingerprint density at radius 1 is 1.21 bits per heavy atom. The Morgan fingerprint density at radius 3 is 2.62 bits per heavy atom. The van der Waals surface area contributed by atoms with E-state index >= 15 is 0 Å². The van der Waals surface area contributed by atoms with Crippen LogP contribution in [0.15, 0.2) is 41.3 Å². The maximum absolute atomic E-state index is 12.6. The molecule has 0 bridgehead atoms. The number of nitrogens with one attached hydrogen (secondary N) is 1. The summed E-state index contributed by atoms with van der Waals surface area (Å²) in [5.74, 6) is -0.362. The number of carbonyl (C=O) groups excluding carboxylic acids is 1. The van der Waals surface area contributed by atoms with Gasteiger partial charge in [0.1, 0.15) is 5.82 Å². The summed E-state index contributed by atoms with van der Waals surface area (Å²) in [7, 11) is 0. The molecule has 2 aromatic heterocycles. The van der Waals surface area contributed by atoms with Crippen LogP contribution in [0.5, 0.6) is 0 Å². The molecule has 2 heterocycles. The minimum absolute atomic E-state index is 0.219. The number of aryl methyl sites for hydroxylation is 1. The molecule has 0 aliphatic heterocycles. The first-order chi connectivity index (χ1) is 11.5. The lowest BCUT2D eigenvalue weighted by Gasteiger charge is -2.10. The van der Waals surface area contributed by atoms with Gasteiger partial charge >= 0.3 is 0 Å². The fraction of sp³-hybridized carbons (Fsp3) is 0.125. The molecule has 122 valence electrons. The molecule has 1 aromatic carbocycles. The first-order valence-electron chi connectivity index (χ1n) is 7.13. The second-order valence-electron chi connectivity index (χ2n) is 4.97. The molecule has 6 nitrogen and oxygen atoms in total. The Hall–Kier alpha value is -2.44. The minimum atomic E-state index is -0.640. The predicted molar refractivity (Wildman–Crippen MR) is 93.9 cm³/mol. The molecule has 8 heteroatoms. The van der Waals surface area contributed by atoms with Gasteiger partial charge in [0.05, 0.1) is 15.9 Å². The van der Waals surface area contributed by atoms with E-state index in [1.54, 1.807) is 22.9 Å². The van der Waals surface area contributed by atoms with Crippen LogP contribution >= 0.6 is 23.2 Å². The van der Waals surface area contributed by atoms with E-state index in [2.05, 4.69) is 15.4 Å². The smallest absolute Gasteiger partial charge is 0.281 e. The highest BCUT2D eigenvalue weighted by atomic mass is 35.5. The molecule has 0 atom stereocenters. The van der Waals surface area contributed by atoms with Gasteiger partial charge in [-0.2, -0.15) is 5.10 Å². The zero-order chi connectivity index (χ0) is 17.3. The zero-order valence-electron chi connectivity index (χ0n) is 12.6. The van der Waals surface area contributed by atoms with Gasteiger partial charge in [-0.3, -0.25) is 14.3 Å². The quantitative estimate of drug-likeness (QED) is 0.774. The molecule has 0 unspecified atom stereocenters. The molecule has 0 aliphatic rings. The van der Waals surface area contributed by atoms with Gasteiger partial charge in [0.15, 0.2) is 5.69 Å². The number of fused-ring (bicyclic) bond motifs is 1. The highest BCUT2D eigenvalue weighted by molar-refractivity contribution is 6.31. The molecule has 1 N–H and O–H groups in total. The molecular formula is C16H12Cl2N4O2. The summed E-state index contributed by atoms with van der Waals surface area (Å²) < 4.78 is 1.58. The molecule has 0 saturated carbocycles. The average Bonchev–Trinajstić information content (AvgIpc) is 2.57. The lowest BCUT2D eigenvalue weighted by molar-refractivity contribution is 0.101. The van der Waals surface area contributed by atoms with Gasteiger partial charge in [0.2, 0.25) is 5.43 Å². The number of pyridine rings is 1. The summed E-state index contributed by atoms with van der Waals surface area (Å²) in [6.07, 6.45) is 1.40. The van der Waals surface area contributed by atoms with Crippen molar-refractivity contribution in [1.82, 2.24) is 14.8 Å². The van der Waals surface area contributed by atoms with Crippen molar-refractivity contribution in [2.45, 2.75) is 13.5 Å². The van der Waals surface area contributed by atoms with Gasteiger partial charge < -0.3 is 5.32 Å². The van der Waals surface area contributed by atoms with Crippen molar-refractivity contribution < 1.29 is 4.79 Å². The number of anilines is 1. The molecular weight excluding hydrogens is 351 g/mol. The molecule has 0 aliphatic carbocycles. The molecule has 0 saturated heterocycles. The fourth-order valence-electron chi connectivity index (χ4n) is 2.28. The number of carbonyl (C=O) groups is 1. The number of hydrogen-bond acceptors (Lipinski definition) is 4. The van der Waals surface area contributed by atoms with Crippen LogP contribution in [0.25, 0.3) is 10.9 Å². The van der Waals surface area contributed by atoms with Crippen molar-refractivity contribution in [2.75, 3.05) is 5.32 Å². The Morgan fingerprint density at radius 2 is 1.96 bits per heavy atom. The van der Waals surface area contributed by atoms with Crippen molar-refractivity contribution >= 4 is 45.8 Å². The van der Waals surface area contributed by atoms with Crippen molar-refractivity contribution in [2.24, 2.45) is 0 Å². The highest BCUT2D eigenvalue weighted by Gasteiger charge is 2.18. The molecule has 24 heavy (non-hydrogen) atoms. The van der Waals surface area contributed by atoms with Crippen molar-refractivity contribution in [3.05, 3.63) is 62.5 Å². The summed E-state index contributed by atoms with van der Waals surface area (Å²) in [5.41, 5.74) is -0.0832. The van der Waals surface area contributed by atoms with Gasteiger partial charge in [-0.15, -0.1) is 0 Å². The Bertz CT molecular complexity index is 984. The summed E-state index contributed by atoms with van der Waals surface area (Å²) in [4.78, 5) is 29.0. The minimum Gasteiger partial charge on any atom is -0.305 e. The largest absolute Gasteiger partial charge is 0.305 e. The Labute approximate surface area is 147 Å². The van der Waals surface area contributed by atoms with Crippen LogP contribution in [0.1, 0.15) is 17.4 Å². The SMILES string of the molecule is CCn1nc(C(=O)Nc2ccc(Cl)cn2)c(=O)c2cc(Cl)ccc21. The number of aromatic nitrogens is 3. The molecule has 0 spiro atoms. The Kier molecular flexibility index (Phi) is 4.51. The van der Waals surface area contributed by atoms with Crippen LogP contribution in [0, 0.1) is 0 Å². The fourth-order valence-corrected chi connectivity index (χ4v) is 2.56. The van der Waals surface area contributed by atoms with Crippen molar-refractivity contribution in [3.63, 3.8) is 0 Å². The summed E-state index contributed by atoms with van der Waals surface area (Å²) >= 11 is 11.7. The molecule has 1 amide bonds. The van der Waals surface area contributed by atoms with E-state index < -0.39 is 11.3 Å². The van der Waals surface area contributed by atoms with E-state index in [1.165, 1.54) is 18.3 Å². The maximum atomic E-state index is 12.6. The van der Waals surface area contributed by atoms with E-state index in [0.29, 0.717) is 27.5 Å². The standard InChI is InChI=1S/C16H12Cl2N4O2/c1-2-22-12-5-3-9(17)7-11(12)15(23)14(21-22)16(24)20-13-6-4-10(18)8-19-13/h3-8H,2H2,1H3,(H,19,20,24). The second kappa shape index (κ2) is 6.59. The van der Waals surface area contributed by atoms with Crippen LogP contribution in [-0.2, 0) is 6.54 Å². The third kappa shape index (κ3) is 3.11. The molecule has 0 radical (unpaired) electrons. The second-order valence-corrected chi connectivity index (χ2v) is 5.84. The third-order valence-corrected chi connectivity index (χ3v) is 3.86. The van der Waals surface area contributed by atoms with E-state index in [-0.39, 0.29) is 11.5 Å². The van der Waals surface area contributed by atoms with Crippen LogP contribution < -0.4 is 10.7 Å². The van der Waals surface area contributed by atoms with Crippen molar-refractivity contribution in [3.8, 4) is 0 Å². The number of halogens is 2. The molecule has 0 fully saturated rings. The van der Waals surface area contributed by atoms with Gasteiger partial charge in [0.25, 0.3) is 5.91 Å². The molecule has 3 rings (SSSR count). The first-order valence-corrected chi connectivity index (χ1v) is 7.88. The van der Waals surface area contributed by atoms with Crippen LogP contribution in [0.3, 0.4) is 0 Å². The number of nitrogens with zero attached hydrogens (tertiary/aromatic N) is 3. The maximum Gasteiger partial charge on any atom is 0.281 e. The van der Waals surface area contributed by atoms with Gasteiger partial charge in [-0.1, -0.05) is 23.2 Å². The number of hydrogen-bond donors (Lipinski definition) is 1. The highest BCUT2D eigenvalue weighted by Crippen LogP contribution is 2.17. The normalized spacial score (nSPS) is 10.8. The predicted octanol–water partition coefficient (Wildman–Crippen LogP) is 3.37. The monoisotopic (exact) mass is 362 g/mol. The average molecular weight is 363 g/mol. The number of rotatable bonds is 3. The van der Waals surface area contributed by atoms with E-state index in [0.717, 1.165) is 0 Å². The lowest BCUT2D eigenvalue weighted by atomic mass is 10.2. The van der Waals surface area contributed by atoms with Crippen LogP contribution in [0.2, 0.25) is 10.0 Å².